The predicted molar refractivity (Wildman–Crippen MR) is 56.9 cm³/mol. The fourth-order valence-electron chi connectivity index (χ4n) is 1.54. The summed E-state index contributed by atoms with van der Waals surface area (Å²) in [6.45, 7) is 5.04. The van der Waals surface area contributed by atoms with Gasteiger partial charge in [-0.2, -0.15) is 0 Å². The molecule has 0 fully saturated rings. The second-order valence-electron chi connectivity index (χ2n) is 3.60. The summed E-state index contributed by atoms with van der Waals surface area (Å²) in [6, 6.07) is 1.37. The summed E-state index contributed by atoms with van der Waals surface area (Å²) in [4.78, 5) is 0. The van der Waals surface area contributed by atoms with Crippen LogP contribution in [0.15, 0.2) is 6.07 Å². The Bertz CT molecular complexity index is 399. The predicted octanol–water partition coefficient (Wildman–Crippen LogP) is 4.25. The van der Waals surface area contributed by atoms with Crippen molar-refractivity contribution in [1.29, 1.82) is 0 Å². The molecular weight excluding hydrogens is 241 g/mol. The number of hydrogen-bond donors (Lipinski definition) is 0. The number of rotatable bonds is 2. The van der Waals surface area contributed by atoms with Crippen molar-refractivity contribution in [1.82, 2.24) is 0 Å². The fraction of sp³-hybridized carbons (Fsp3) is 0.455. The van der Waals surface area contributed by atoms with Crippen molar-refractivity contribution in [2.45, 2.75) is 33.0 Å². The Kier molecular flexibility index (Phi) is 3.73. The van der Waals surface area contributed by atoms with Crippen molar-refractivity contribution in [3.8, 4) is 5.75 Å². The van der Waals surface area contributed by atoms with Crippen LogP contribution in [0.1, 0.15) is 22.3 Å². The molecule has 0 aliphatic carbocycles. The maximum Gasteiger partial charge on any atom is 0.573 e. The maximum atomic E-state index is 12.1. The standard InChI is InChI=1S/C11H12ClF3O/c1-6-4-10(16-11(13,14)15)8(3)7(2)9(6)5-12/h4H,5H2,1-3H3. The van der Waals surface area contributed by atoms with Crippen molar-refractivity contribution in [3.63, 3.8) is 0 Å². The summed E-state index contributed by atoms with van der Waals surface area (Å²) in [5, 5.41) is 0. The molecule has 16 heavy (non-hydrogen) atoms. The number of benzene rings is 1. The van der Waals surface area contributed by atoms with Crippen LogP contribution in [0.3, 0.4) is 0 Å². The number of alkyl halides is 4. The molecule has 0 heterocycles. The molecule has 0 unspecified atom stereocenters. The number of aryl methyl sites for hydroxylation is 1. The van der Waals surface area contributed by atoms with Crippen molar-refractivity contribution in [2.75, 3.05) is 0 Å². The van der Waals surface area contributed by atoms with Gasteiger partial charge in [-0.25, -0.2) is 0 Å². The van der Waals surface area contributed by atoms with Crippen LogP contribution in [0.25, 0.3) is 0 Å². The minimum Gasteiger partial charge on any atom is -0.405 e. The van der Waals surface area contributed by atoms with E-state index in [9.17, 15) is 13.2 Å². The van der Waals surface area contributed by atoms with Crippen molar-refractivity contribution in [2.24, 2.45) is 0 Å². The molecule has 0 N–H and O–H groups in total. The van der Waals surface area contributed by atoms with Gasteiger partial charge in [-0.3, -0.25) is 0 Å². The highest BCUT2D eigenvalue weighted by Crippen LogP contribution is 2.32. The van der Waals surface area contributed by atoms with Gasteiger partial charge < -0.3 is 4.74 Å². The third kappa shape index (κ3) is 2.82. The first kappa shape index (κ1) is 13.2. The van der Waals surface area contributed by atoms with Gasteiger partial charge >= 0.3 is 6.36 Å². The molecule has 1 aromatic rings. The minimum atomic E-state index is -4.66. The molecule has 0 aliphatic heterocycles. The molecular formula is C11H12ClF3O. The molecule has 0 radical (unpaired) electrons. The third-order valence-electron chi connectivity index (χ3n) is 2.57. The van der Waals surface area contributed by atoms with Gasteiger partial charge in [0.1, 0.15) is 5.75 Å². The lowest BCUT2D eigenvalue weighted by atomic mass is 9.99. The fourth-order valence-corrected chi connectivity index (χ4v) is 1.95. The first-order chi connectivity index (χ1) is 7.26. The van der Waals surface area contributed by atoms with Crippen LogP contribution < -0.4 is 4.74 Å². The van der Waals surface area contributed by atoms with E-state index in [2.05, 4.69) is 4.74 Å². The molecule has 1 rings (SSSR count). The van der Waals surface area contributed by atoms with Crippen molar-refractivity contribution in [3.05, 3.63) is 28.3 Å². The van der Waals surface area contributed by atoms with E-state index in [4.69, 9.17) is 11.6 Å². The van der Waals surface area contributed by atoms with E-state index >= 15 is 0 Å². The van der Waals surface area contributed by atoms with Gasteiger partial charge in [-0.05, 0) is 49.1 Å². The van der Waals surface area contributed by atoms with Crippen LogP contribution in [0.2, 0.25) is 0 Å². The quantitative estimate of drug-likeness (QED) is 0.715. The van der Waals surface area contributed by atoms with Gasteiger partial charge in [0, 0.05) is 5.88 Å². The Hall–Kier alpha value is -0.900. The molecule has 0 saturated carbocycles. The van der Waals surface area contributed by atoms with Crippen LogP contribution >= 0.6 is 11.6 Å². The third-order valence-corrected chi connectivity index (χ3v) is 2.83. The van der Waals surface area contributed by atoms with Crippen LogP contribution in [-0.2, 0) is 5.88 Å². The van der Waals surface area contributed by atoms with Gasteiger partial charge in [0.25, 0.3) is 0 Å². The van der Waals surface area contributed by atoms with E-state index < -0.39 is 6.36 Å². The molecule has 5 heteroatoms. The van der Waals surface area contributed by atoms with E-state index in [1.807, 2.05) is 0 Å². The Morgan fingerprint density at radius 3 is 2.19 bits per heavy atom. The summed E-state index contributed by atoms with van der Waals surface area (Å²) in [6.07, 6.45) is -4.66. The molecule has 0 aliphatic rings. The van der Waals surface area contributed by atoms with Crippen molar-refractivity contribution < 1.29 is 17.9 Å². The van der Waals surface area contributed by atoms with Crippen LogP contribution in [-0.4, -0.2) is 6.36 Å². The molecule has 90 valence electrons. The SMILES string of the molecule is Cc1cc(OC(F)(F)F)c(C)c(C)c1CCl. The van der Waals surface area contributed by atoms with Crippen LogP contribution in [0.5, 0.6) is 5.75 Å². The monoisotopic (exact) mass is 252 g/mol. The zero-order valence-corrected chi connectivity index (χ0v) is 9.96. The Balaban J connectivity index is 3.23. The molecule has 0 amide bonds. The largest absolute Gasteiger partial charge is 0.573 e. The normalized spacial score (nSPS) is 11.7. The van der Waals surface area contributed by atoms with Crippen molar-refractivity contribution >= 4 is 11.6 Å². The summed E-state index contributed by atoms with van der Waals surface area (Å²) >= 11 is 5.73. The molecule has 1 nitrogen and oxygen atoms in total. The number of ether oxygens (including phenoxy) is 1. The van der Waals surface area contributed by atoms with Crippen LogP contribution in [0.4, 0.5) is 13.2 Å². The molecule has 1 aromatic carbocycles. The first-order valence-corrected chi connectivity index (χ1v) is 5.21. The summed E-state index contributed by atoms with van der Waals surface area (Å²) in [7, 11) is 0. The molecule has 0 bridgehead atoms. The van der Waals surface area contributed by atoms with E-state index in [1.54, 1.807) is 20.8 Å². The highest BCUT2D eigenvalue weighted by atomic mass is 35.5. The topological polar surface area (TPSA) is 9.23 Å². The van der Waals surface area contributed by atoms with Gasteiger partial charge in [0.2, 0.25) is 0 Å². The smallest absolute Gasteiger partial charge is 0.405 e. The zero-order valence-electron chi connectivity index (χ0n) is 9.20. The highest BCUT2D eigenvalue weighted by molar-refractivity contribution is 6.17. The van der Waals surface area contributed by atoms with Gasteiger partial charge in [0.05, 0.1) is 0 Å². The lowest BCUT2D eigenvalue weighted by molar-refractivity contribution is -0.274. The summed E-state index contributed by atoms with van der Waals surface area (Å²) in [5.74, 6) is 0.126. The molecule has 0 spiro atoms. The Morgan fingerprint density at radius 1 is 1.19 bits per heavy atom. The maximum absolute atomic E-state index is 12.1. The zero-order chi connectivity index (χ0) is 12.5. The average Bonchev–Trinajstić information content (AvgIpc) is 2.12. The van der Waals surface area contributed by atoms with Gasteiger partial charge in [-0.1, -0.05) is 0 Å². The van der Waals surface area contributed by atoms with E-state index in [1.165, 1.54) is 6.07 Å². The van der Waals surface area contributed by atoms with E-state index in [-0.39, 0.29) is 11.6 Å². The number of halogens is 4. The van der Waals surface area contributed by atoms with Gasteiger partial charge in [0.15, 0.2) is 0 Å². The second kappa shape index (κ2) is 4.53. The molecule has 0 atom stereocenters. The molecule has 0 aromatic heterocycles. The second-order valence-corrected chi connectivity index (χ2v) is 3.87. The lowest BCUT2D eigenvalue weighted by Gasteiger charge is -2.16. The van der Waals surface area contributed by atoms with E-state index in [0.29, 0.717) is 11.1 Å². The summed E-state index contributed by atoms with van der Waals surface area (Å²) < 4.78 is 40.3. The Morgan fingerprint density at radius 2 is 1.75 bits per heavy atom. The van der Waals surface area contributed by atoms with Gasteiger partial charge in [-0.15, -0.1) is 24.8 Å². The molecule has 0 saturated heterocycles. The highest BCUT2D eigenvalue weighted by Gasteiger charge is 2.32. The Labute approximate surface area is 97.2 Å². The van der Waals surface area contributed by atoms with Crippen LogP contribution in [0, 0.1) is 20.8 Å². The lowest BCUT2D eigenvalue weighted by Crippen LogP contribution is -2.18. The average molecular weight is 253 g/mol. The first-order valence-electron chi connectivity index (χ1n) is 4.67. The minimum absolute atomic E-state index is 0.156. The van der Waals surface area contributed by atoms with E-state index in [0.717, 1.165) is 11.1 Å². The summed E-state index contributed by atoms with van der Waals surface area (Å²) in [5.41, 5.74) is 2.78. The number of hydrogen-bond acceptors (Lipinski definition) is 1.